The highest BCUT2D eigenvalue weighted by Crippen LogP contribution is 2.42. The minimum absolute atomic E-state index is 0.114. The summed E-state index contributed by atoms with van der Waals surface area (Å²) in [6.45, 7) is 0. The number of halogens is 1. The van der Waals surface area contributed by atoms with Crippen LogP contribution in [0.15, 0.2) is 6.20 Å². The Balaban J connectivity index is 2.44. The molecule has 1 heterocycles. The zero-order valence-corrected chi connectivity index (χ0v) is 13.9. The fourth-order valence-electron chi connectivity index (χ4n) is 3.74. The molecule has 0 aromatic carbocycles. The predicted octanol–water partition coefficient (Wildman–Crippen LogP) is 2.99. The molecule has 0 bridgehead atoms. The average molecular weight is 299 g/mol. The number of aryl methyl sites for hydroxylation is 1. The number of aromatic nitrogens is 2. The van der Waals surface area contributed by atoms with Crippen molar-refractivity contribution in [1.82, 2.24) is 20.0 Å². The van der Waals surface area contributed by atoms with Crippen molar-refractivity contribution in [2.45, 2.75) is 50.1 Å². The summed E-state index contributed by atoms with van der Waals surface area (Å²) >= 11 is 6.40. The van der Waals surface area contributed by atoms with Crippen molar-refractivity contribution < 1.29 is 0 Å². The van der Waals surface area contributed by atoms with Gasteiger partial charge in [0.1, 0.15) is 0 Å². The topological polar surface area (TPSA) is 33.1 Å². The molecule has 0 radical (unpaired) electrons. The Labute approximate surface area is 127 Å². The van der Waals surface area contributed by atoms with Gasteiger partial charge in [-0.05, 0) is 34.0 Å². The summed E-state index contributed by atoms with van der Waals surface area (Å²) in [6.07, 6.45) is 9.40. The van der Waals surface area contributed by atoms with E-state index in [9.17, 15) is 0 Å². The lowest BCUT2D eigenvalue weighted by Crippen LogP contribution is -2.53. The molecule has 1 aliphatic carbocycles. The summed E-state index contributed by atoms with van der Waals surface area (Å²) in [7, 11) is 8.40. The van der Waals surface area contributed by atoms with E-state index >= 15 is 0 Å². The lowest BCUT2D eigenvalue weighted by atomic mass is 9.79. The third kappa shape index (κ3) is 2.74. The Bertz CT molecular complexity index is 414. The molecular formula is C15H27ClN4. The summed E-state index contributed by atoms with van der Waals surface area (Å²) in [5, 5.41) is 8.60. The molecule has 0 amide bonds. The highest BCUT2D eigenvalue weighted by molar-refractivity contribution is 6.31. The molecule has 0 aliphatic heterocycles. The van der Waals surface area contributed by atoms with Crippen LogP contribution in [0.1, 0.15) is 50.3 Å². The Morgan fingerprint density at radius 1 is 1.30 bits per heavy atom. The summed E-state index contributed by atoms with van der Waals surface area (Å²) in [4.78, 5) is 2.39. The second-order valence-electron chi connectivity index (χ2n) is 6.14. The van der Waals surface area contributed by atoms with Crippen LogP contribution < -0.4 is 5.32 Å². The van der Waals surface area contributed by atoms with Gasteiger partial charge in [-0.2, -0.15) is 5.10 Å². The molecule has 1 atom stereocenters. The summed E-state index contributed by atoms with van der Waals surface area (Å²) < 4.78 is 1.92. The van der Waals surface area contributed by atoms with E-state index in [-0.39, 0.29) is 11.6 Å². The first-order chi connectivity index (χ1) is 9.53. The van der Waals surface area contributed by atoms with E-state index in [0.717, 1.165) is 10.7 Å². The molecule has 2 rings (SSSR count). The Morgan fingerprint density at radius 3 is 2.30 bits per heavy atom. The molecule has 114 valence electrons. The normalized spacial score (nSPS) is 20.9. The van der Waals surface area contributed by atoms with E-state index < -0.39 is 0 Å². The molecule has 20 heavy (non-hydrogen) atoms. The highest BCUT2D eigenvalue weighted by Gasteiger charge is 2.43. The monoisotopic (exact) mass is 298 g/mol. The van der Waals surface area contributed by atoms with E-state index in [2.05, 4.69) is 29.4 Å². The SMILES string of the molecule is CNC(c1c(Cl)cnn1C)C1(N(C)C)CCCCCC1. The van der Waals surface area contributed by atoms with Crippen LogP contribution in [0.4, 0.5) is 0 Å². The molecule has 1 fully saturated rings. The minimum atomic E-state index is 0.114. The number of hydrogen-bond donors (Lipinski definition) is 1. The van der Waals surface area contributed by atoms with Gasteiger partial charge in [0.15, 0.2) is 0 Å². The molecule has 1 aromatic heterocycles. The molecule has 0 saturated heterocycles. The molecule has 1 N–H and O–H groups in total. The van der Waals surface area contributed by atoms with E-state index in [1.807, 2.05) is 18.8 Å². The van der Waals surface area contributed by atoms with Crippen LogP contribution in [0.25, 0.3) is 0 Å². The van der Waals surface area contributed by atoms with Gasteiger partial charge in [0.25, 0.3) is 0 Å². The molecule has 4 nitrogen and oxygen atoms in total. The van der Waals surface area contributed by atoms with Crippen LogP contribution in [0.5, 0.6) is 0 Å². The van der Waals surface area contributed by atoms with Gasteiger partial charge in [-0.1, -0.05) is 37.3 Å². The van der Waals surface area contributed by atoms with Crippen LogP contribution >= 0.6 is 11.6 Å². The van der Waals surface area contributed by atoms with Crippen LogP contribution in [0, 0.1) is 0 Å². The van der Waals surface area contributed by atoms with Gasteiger partial charge in [0.05, 0.1) is 23.0 Å². The van der Waals surface area contributed by atoms with Gasteiger partial charge in [-0.25, -0.2) is 0 Å². The summed E-state index contributed by atoms with van der Waals surface area (Å²) in [5.41, 5.74) is 1.22. The van der Waals surface area contributed by atoms with Crippen molar-refractivity contribution in [2.75, 3.05) is 21.1 Å². The van der Waals surface area contributed by atoms with Crippen molar-refractivity contribution >= 4 is 11.6 Å². The first kappa shape index (κ1) is 15.8. The molecule has 1 saturated carbocycles. The van der Waals surface area contributed by atoms with Crippen LogP contribution in [-0.2, 0) is 7.05 Å². The molecule has 1 aliphatic rings. The standard InChI is InChI=1S/C15H27ClN4/c1-17-14(13-12(16)11-18-20(13)4)15(19(2)3)9-7-5-6-8-10-15/h11,14,17H,5-10H2,1-4H3. The van der Waals surface area contributed by atoms with E-state index in [0.29, 0.717) is 0 Å². The summed E-state index contributed by atoms with van der Waals surface area (Å²) in [5.74, 6) is 0. The molecule has 5 heteroatoms. The highest BCUT2D eigenvalue weighted by atomic mass is 35.5. The maximum Gasteiger partial charge on any atom is 0.0834 e. The Hall–Kier alpha value is -0.580. The first-order valence-electron chi connectivity index (χ1n) is 7.55. The fourth-order valence-corrected chi connectivity index (χ4v) is 4.01. The van der Waals surface area contributed by atoms with E-state index in [1.165, 1.54) is 38.5 Å². The van der Waals surface area contributed by atoms with E-state index in [4.69, 9.17) is 11.6 Å². The summed E-state index contributed by atoms with van der Waals surface area (Å²) in [6, 6.07) is 0.204. The second kappa shape index (κ2) is 6.46. The Kier molecular flexibility index (Phi) is 5.10. The van der Waals surface area contributed by atoms with Gasteiger partial charge < -0.3 is 10.2 Å². The third-order valence-electron chi connectivity index (χ3n) is 4.90. The van der Waals surface area contributed by atoms with Crippen LogP contribution in [-0.4, -0.2) is 41.4 Å². The third-order valence-corrected chi connectivity index (χ3v) is 5.19. The number of rotatable bonds is 4. The number of hydrogen-bond acceptors (Lipinski definition) is 3. The lowest BCUT2D eigenvalue weighted by molar-refractivity contribution is 0.0800. The number of nitrogens with zero attached hydrogens (tertiary/aromatic N) is 3. The van der Waals surface area contributed by atoms with Gasteiger partial charge in [-0.3, -0.25) is 4.68 Å². The van der Waals surface area contributed by atoms with Crippen molar-refractivity contribution in [3.8, 4) is 0 Å². The van der Waals surface area contributed by atoms with Crippen molar-refractivity contribution in [3.63, 3.8) is 0 Å². The van der Waals surface area contributed by atoms with E-state index in [1.54, 1.807) is 6.20 Å². The maximum absolute atomic E-state index is 6.40. The lowest BCUT2D eigenvalue weighted by Gasteiger charge is -2.46. The zero-order chi connectivity index (χ0) is 14.8. The van der Waals surface area contributed by atoms with Gasteiger partial charge >= 0.3 is 0 Å². The van der Waals surface area contributed by atoms with Gasteiger partial charge in [0.2, 0.25) is 0 Å². The molecule has 1 unspecified atom stereocenters. The maximum atomic E-state index is 6.40. The van der Waals surface area contributed by atoms with Crippen molar-refractivity contribution in [2.24, 2.45) is 7.05 Å². The molecule has 1 aromatic rings. The van der Waals surface area contributed by atoms with Crippen LogP contribution in [0.2, 0.25) is 5.02 Å². The molecular weight excluding hydrogens is 272 g/mol. The Morgan fingerprint density at radius 2 is 1.90 bits per heavy atom. The first-order valence-corrected chi connectivity index (χ1v) is 7.93. The van der Waals surface area contributed by atoms with Gasteiger partial charge in [-0.15, -0.1) is 0 Å². The number of nitrogens with one attached hydrogen (secondary N) is 1. The molecule has 0 spiro atoms. The second-order valence-corrected chi connectivity index (χ2v) is 6.54. The quantitative estimate of drug-likeness (QED) is 0.868. The fraction of sp³-hybridized carbons (Fsp3) is 0.800. The van der Waals surface area contributed by atoms with Crippen molar-refractivity contribution in [1.29, 1.82) is 0 Å². The zero-order valence-electron chi connectivity index (χ0n) is 13.1. The smallest absolute Gasteiger partial charge is 0.0834 e. The van der Waals surface area contributed by atoms with Crippen molar-refractivity contribution in [3.05, 3.63) is 16.9 Å². The largest absolute Gasteiger partial charge is 0.310 e. The predicted molar refractivity (Wildman–Crippen MR) is 84.1 cm³/mol. The minimum Gasteiger partial charge on any atom is -0.310 e. The number of likely N-dealkylation sites (N-methyl/N-ethyl adjacent to an activating group) is 2. The average Bonchev–Trinajstić information content (AvgIpc) is 2.65. The van der Waals surface area contributed by atoms with Gasteiger partial charge in [0, 0.05) is 12.6 Å². The van der Waals surface area contributed by atoms with Crippen LogP contribution in [0.3, 0.4) is 0 Å².